The number of hydrogen-bond donors (Lipinski definition) is 0. The number of imidazole rings is 1. The Bertz CT molecular complexity index is 617. The van der Waals surface area contributed by atoms with Crippen LogP contribution in [-0.4, -0.2) is 34.0 Å². The van der Waals surface area contributed by atoms with E-state index in [4.69, 9.17) is 0 Å². The molecule has 134 valence electrons. The lowest BCUT2D eigenvalue weighted by molar-refractivity contribution is -0.141. The lowest BCUT2D eigenvalue weighted by atomic mass is 9.86. The third-order valence-electron chi connectivity index (χ3n) is 5.48. The predicted molar refractivity (Wildman–Crippen MR) is 83.3 cm³/mol. The summed E-state index contributed by atoms with van der Waals surface area (Å²) in [5, 5.41) is 0. The van der Waals surface area contributed by atoms with Gasteiger partial charge in [0, 0.05) is 38.2 Å². The molecule has 2 heterocycles. The summed E-state index contributed by atoms with van der Waals surface area (Å²) in [6.45, 7) is 3.11. The van der Waals surface area contributed by atoms with E-state index in [0.29, 0.717) is 25.3 Å². The van der Waals surface area contributed by atoms with Crippen LogP contribution in [0.4, 0.5) is 13.2 Å². The van der Waals surface area contributed by atoms with E-state index in [1.54, 1.807) is 9.47 Å². The third-order valence-corrected chi connectivity index (χ3v) is 5.48. The summed E-state index contributed by atoms with van der Waals surface area (Å²) in [7, 11) is 1.82. The Hall–Kier alpha value is -1.53. The zero-order valence-electron chi connectivity index (χ0n) is 14.2. The van der Waals surface area contributed by atoms with Crippen LogP contribution < -0.4 is 0 Å². The van der Waals surface area contributed by atoms with Crippen LogP contribution in [-0.2, 0) is 23.9 Å². The van der Waals surface area contributed by atoms with Gasteiger partial charge < -0.3 is 9.47 Å². The molecule has 1 fully saturated rings. The molecule has 2 aliphatic rings. The molecule has 1 aliphatic heterocycles. The fourth-order valence-electron chi connectivity index (χ4n) is 4.10. The maximum Gasteiger partial charge on any atom is 0.434 e. The lowest BCUT2D eigenvalue weighted by Crippen LogP contribution is -2.42. The second-order valence-electron chi connectivity index (χ2n) is 7.55. The first-order valence-electron chi connectivity index (χ1n) is 8.58. The number of rotatable bonds is 3. The van der Waals surface area contributed by atoms with Gasteiger partial charge >= 0.3 is 6.18 Å². The summed E-state index contributed by atoms with van der Waals surface area (Å²) in [5.41, 5.74) is -1.08. The molecule has 0 aromatic carbocycles. The van der Waals surface area contributed by atoms with Crippen LogP contribution in [0, 0.1) is 11.3 Å². The average Bonchev–Trinajstić information content (AvgIpc) is 3.12. The number of fused-ring (bicyclic) bond motifs is 1. The van der Waals surface area contributed by atoms with Crippen molar-refractivity contribution in [3.8, 4) is 0 Å². The third kappa shape index (κ3) is 3.30. The van der Waals surface area contributed by atoms with Crippen LogP contribution in [0.25, 0.3) is 0 Å². The normalized spacial score (nSPS) is 23.1. The minimum Gasteiger partial charge on any atom is -0.345 e. The van der Waals surface area contributed by atoms with Gasteiger partial charge in [0.2, 0.25) is 5.91 Å². The Labute approximate surface area is 140 Å². The first-order valence-corrected chi connectivity index (χ1v) is 8.58. The maximum absolute atomic E-state index is 12.8. The monoisotopic (exact) mass is 343 g/mol. The Kier molecular flexibility index (Phi) is 4.38. The fourth-order valence-corrected chi connectivity index (χ4v) is 4.10. The van der Waals surface area contributed by atoms with E-state index < -0.39 is 11.9 Å². The van der Waals surface area contributed by atoms with Crippen molar-refractivity contribution in [2.45, 2.75) is 58.2 Å². The number of amides is 1. The molecule has 7 heteroatoms. The molecular weight excluding hydrogens is 319 g/mol. The number of aryl methyl sites for hydroxylation is 1. The zero-order chi connectivity index (χ0) is 17.5. The van der Waals surface area contributed by atoms with Crippen LogP contribution in [0.2, 0.25) is 0 Å². The summed E-state index contributed by atoms with van der Waals surface area (Å²) < 4.78 is 39.9. The van der Waals surface area contributed by atoms with Crippen molar-refractivity contribution < 1.29 is 18.0 Å². The summed E-state index contributed by atoms with van der Waals surface area (Å²) in [6, 6.07) is 0. The van der Waals surface area contributed by atoms with Gasteiger partial charge in [-0.1, -0.05) is 19.8 Å². The van der Waals surface area contributed by atoms with E-state index in [2.05, 4.69) is 4.98 Å². The van der Waals surface area contributed by atoms with Crippen molar-refractivity contribution in [3.63, 3.8) is 0 Å². The van der Waals surface area contributed by atoms with Crippen LogP contribution >= 0.6 is 0 Å². The molecule has 0 spiro atoms. The van der Waals surface area contributed by atoms with Gasteiger partial charge in [-0.15, -0.1) is 0 Å². The van der Waals surface area contributed by atoms with Crippen molar-refractivity contribution in [1.82, 2.24) is 14.5 Å². The van der Waals surface area contributed by atoms with Gasteiger partial charge in [-0.2, -0.15) is 13.2 Å². The van der Waals surface area contributed by atoms with Gasteiger partial charge in [-0.3, -0.25) is 4.79 Å². The van der Waals surface area contributed by atoms with Crippen LogP contribution in [0.5, 0.6) is 0 Å². The topological polar surface area (TPSA) is 38.1 Å². The second-order valence-corrected chi connectivity index (χ2v) is 7.55. The van der Waals surface area contributed by atoms with Crippen molar-refractivity contribution in [2.75, 3.05) is 13.6 Å². The smallest absolute Gasteiger partial charge is 0.345 e. The highest BCUT2D eigenvalue weighted by Crippen LogP contribution is 2.39. The highest BCUT2D eigenvalue weighted by Gasteiger charge is 2.39. The molecule has 1 aromatic heterocycles. The first-order chi connectivity index (χ1) is 11.2. The van der Waals surface area contributed by atoms with E-state index >= 15 is 0 Å². The van der Waals surface area contributed by atoms with Crippen LogP contribution in [0.15, 0.2) is 6.20 Å². The number of carbonyl (C=O) groups is 1. The van der Waals surface area contributed by atoms with E-state index in [1.165, 1.54) is 0 Å². The standard InChI is InChI=1S/C17H24F3N3O/c1-16(7-3-4-8-16)15(24)22(2)9-12-5-6-14-21-13(17(18,19)20)11-23(14)10-12/h11-12H,3-10H2,1-2H3. The van der Waals surface area contributed by atoms with Gasteiger partial charge in [0.15, 0.2) is 5.69 Å². The molecule has 24 heavy (non-hydrogen) atoms. The van der Waals surface area contributed by atoms with Crippen molar-refractivity contribution in [1.29, 1.82) is 0 Å². The van der Waals surface area contributed by atoms with Crippen molar-refractivity contribution in [3.05, 3.63) is 17.7 Å². The molecular formula is C17H24F3N3O. The molecule has 1 aliphatic carbocycles. The Morgan fingerprint density at radius 2 is 2.08 bits per heavy atom. The SMILES string of the molecule is CN(CC1CCc2nc(C(F)(F)F)cn2C1)C(=O)C1(C)CCCC1. The number of hydrogen-bond acceptors (Lipinski definition) is 2. The average molecular weight is 343 g/mol. The lowest BCUT2D eigenvalue weighted by Gasteiger charge is -2.33. The van der Waals surface area contributed by atoms with Crippen molar-refractivity contribution >= 4 is 5.91 Å². The minimum absolute atomic E-state index is 0.173. The van der Waals surface area contributed by atoms with Gasteiger partial charge in [0.25, 0.3) is 0 Å². The quantitative estimate of drug-likeness (QED) is 0.842. The van der Waals surface area contributed by atoms with E-state index in [0.717, 1.165) is 38.3 Å². The van der Waals surface area contributed by atoms with Gasteiger partial charge in [-0.05, 0) is 25.2 Å². The highest BCUT2D eigenvalue weighted by atomic mass is 19.4. The van der Waals surface area contributed by atoms with E-state index in [1.807, 2.05) is 14.0 Å². The van der Waals surface area contributed by atoms with Crippen molar-refractivity contribution in [2.24, 2.45) is 11.3 Å². The van der Waals surface area contributed by atoms with Crippen LogP contribution in [0.1, 0.15) is 50.5 Å². The van der Waals surface area contributed by atoms with Gasteiger partial charge in [0.05, 0.1) is 0 Å². The highest BCUT2D eigenvalue weighted by molar-refractivity contribution is 5.82. The number of aromatic nitrogens is 2. The summed E-state index contributed by atoms with van der Waals surface area (Å²) in [5.74, 6) is 0.842. The molecule has 1 saturated carbocycles. The fraction of sp³-hybridized carbons (Fsp3) is 0.765. The van der Waals surface area contributed by atoms with E-state index in [-0.39, 0.29) is 17.2 Å². The minimum atomic E-state index is -4.40. The Balaban J connectivity index is 1.63. The molecule has 1 aromatic rings. The number of carbonyl (C=O) groups excluding carboxylic acids is 1. The summed E-state index contributed by atoms with van der Waals surface area (Å²) >= 11 is 0. The number of halogens is 3. The van der Waals surface area contributed by atoms with Gasteiger partial charge in [-0.25, -0.2) is 4.98 Å². The summed E-state index contributed by atoms with van der Waals surface area (Å²) in [4.78, 5) is 18.2. The Morgan fingerprint density at radius 3 is 2.71 bits per heavy atom. The Morgan fingerprint density at radius 1 is 1.42 bits per heavy atom. The number of nitrogens with zero attached hydrogens (tertiary/aromatic N) is 3. The zero-order valence-corrected chi connectivity index (χ0v) is 14.2. The van der Waals surface area contributed by atoms with Crippen LogP contribution in [0.3, 0.4) is 0 Å². The molecule has 1 atom stereocenters. The first kappa shape index (κ1) is 17.3. The molecule has 1 amide bonds. The molecule has 3 rings (SSSR count). The van der Waals surface area contributed by atoms with Gasteiger partial charge in [0.1, 0.15) is 5.82 Å². The molecule has 0 N–H and O–H groups in total. The predicted octanol–water partition coefficient (Wildman–Crippen LogP) is 3.50. The molecule has 0 bridgehead atoms. The van der Waals surface area contributed by atoms with E-state index in [9.17, 15) is 18.0 Å². The molecule has 1 unspecified atom stereocenters. The number of alkyl halides is 3. The molecule has 0 saturated heterocycles. The second kappa shape index (κ2) is 6.08. The summed E-state index contributed by atoms with van der Waals surface area (Å²) in [6.07, 6.45) is 2.05. The molecule has 0 radical (unpaired) electrons. The molecule has 4 nitrogen and oxygen atoms in total. The maximum atomic E-state index is 12.8. The largest absolute Gasteiger partial charge is 0.434 e.